The van der Waals surface area contributed by atoms with Gasteiger partial charge in [-0.25, -0.2) is 0 Å². The number of benzene rings is 3. The van der Waals surface area contributed by atoms with Crippen molar-refractivity contribution in [3.05, 3.63) is 89.0 Å². The summed E-state index contributed by atoms with van der Waals surface area (Å²) in [5.41, 5.74) is 2.72. The SMILES string of the molecule is CCOc1ccc2c(c1)OC(C)(C)CC21C(=O)N(Cc2ccccc2C#N)c2ccccc21. The molecule has 5 heteroatoms. The number of carbonyl (C=O) groups excluding carboxylic acids is 1. The molecule has 0 N–H and O–H groups in total. The highest BCUT2D eigenvalue weighted by molar-refractivity contribution is 6.11. The molecule has 166 valence electrons. The molecule has 33 heavy (non-hydrogen) atoms. The first-order valence-corrected chi connectivity index (χ1v) is 11.3. The normalized spacial score (nSPS) is 20.1. The van der Waals surface area contributed by atoms with Crippen LogP contribution >= 0.6 is 0 Å². The van der Waals surface area contributed by atoms with Gasteiger partial charge >= 0.3 is 0 Å². The van der Waals surface area contributed by atoms with Crippen LogP contribution in [0.25, 0.3) is 0 Å². The predicted octanol–water partition coefficient (Wildman–Crippen LogP) is 5.35. The minimum atomic E-state index is -0.861. The molecule has 2 heterocycles. The van der Waals surface area contributed by atoms with Crippen molar-refractivity contribution in [2.45, 2.75) is 44.8 Å². The third-order valence-corrected chi connectivity index (χ3v) is 6.53. The molecule has 1 atom stereocenters. The molecule has 3 aromatic carbocycles. The van der Waals surface area contributed by atoms with Crippen molar-refractivity contribution in [3.63, 3.8) is 0 Å². The van der Waals surface area contributed by atoms with E-state index in [4.69, 9.17) is 9.47 Å². The Morgan fingerprint density at radius 2 is 1.82 bits per heavy atom. The van der Waals surface area contributed by atoms with Gasteiger partial charge in [-0.3, -0.25) is 4.79 Å². The fraction of sp³-hybridized carbons (Fsp3) is 0.286. The van der Waals surface area contributed by atoms with E-state index < -0.39 is 11.0 Å². The molecule has 2 aliphatic heterocycles. The van der Waals surface area contributed by atoms with Crippen LogP contribution in [0.5, 0.6) is 11.5 Å². The maximum Gasteiger partial charge on any atom is 0.242 e. The first-order chi connectivity index (χ1) is 15.9. The number of ether oxygens (including phenoxy) is 2. The van der Waals surface area contributed by atoms with Gasteiger partial charge in [0.05, 0.1) is 24.8 Å². The Balaban J connectivity index is 1.69. The summed E-state index contributed by atoms with van der Waals surface area (Å²) in [6.45, 7) is 6.89. The van der Waals surface area contributed by atoms with Gasteiger partial charge in [0.1, 0.15) is 22.5 Å². The Hall–Kier alpha value is -3.78. The maximum atomic E-state index is 14.4. The smallest absolute Gasteiger partial charge is 0.242 e. The molecule has 5 rings (SSSR count). The maximum absolute atomic E-state index is 14.4. The van der Waals surface area contributed by atoms with Gasteiger partial charge in [-0.15, -0.1) is 0 Å². The summed E-state index contributed by atoms with van der Waals surface area (Å²) in [7, 11) is 0. The lowest BCUT2D eigenvalue weighted by atomic mass is 9.67. The largest absolute Gasteiger partial charge is 0.494 e. The van der Waals surface area contributed by atoms with Gasteiger partial charge in [0.2, 0.25) is 5.91 Å². The Morgan fingerprint density at radius 1 is 1.06 bits per heavy atom. The molecule has 0 saturated carbocycles. The molecule has 1 spiro atoms. The van der Waals surface area contributed by atoms with E-state index in [-0.39, 0.29) is 5.91 Å². The third kappa shape index (κ3) is 3.25. The second-order valence-electron chi connectivity index (χ2n) is 9.21. The van der Waals surface area contributed by atoms with Crippen molar-refractivity contribution < 1.29 is 14.3 Å². The van der Waals surface area contributed by atoms with Crippen LogP contribution in [-0.2, 0) is 16.8 Å². The fourth-order valence-corrected chi connectivity index (χ4v) is 5.31. The van der Waals surface area contributed by atoms with E-state index in [1.807, 2.05) is 86.3 Å². The first kappa shape index (κ1) is 21.1. The van der Waals surface area contributed by atoms with E-state index in [9.17, 15) is 10.1 Å². The van der Waals surface area contributed by atoms with E-state index >= 15 is 0 Å². The van der Waals surface area contributed by atoms with Gasteiger partial charge in [0.25, 0.3) is 0 Å². The van der Waals surface area contributed by atoms with Crippen molar-refractivity contribution in [1.82, 2.24) is 0 Å². The van der Waals surface area contributed by atoms with E-state index in [1.165, 1.54) is 0 Å². The van der Waals surface area contributed by atoms with Gasteiger partial charge in [-0.1, -0.05) is 42.5 Å². The minimum absolute atomic E-state index is 0.0122. The average molecular weight is 439 g/mol. The van der Waals surface area contributed by atoms with Crippen LogP contribution in [0.4, 0.5) is 5.69 Å². The standard InChI is InChI=1S/C28H26N2O3/c1-4-32-21-13-14-23-25(15-21)33-27(2,3)18-28(23)22-11-7-8-12-24(22)30(26(28)31)17-20-10-6-5-9-19(20)16-29/h5-15H,4,17-18H2,1-3H3. The number of rotatable bonds is 4. The molecule has 0 saturated heterocycles. The Labute approximate surface area is 194 Å². The third-order valence-electron chi connectivity index (χ3n) is 6.53. The summed E-state index contributed by atoms with van der Waals surface area (Å²) in [6.07, 6.45) is 0.521. The summed E-state index contributed by atoms with van der Waals surface area (Å²) in [6, 6.07) is 23.5. The number of nitriles is 1. The van der Waals surface area contributed by atoms with Crippen LogP contribution in [0.3, 0.4) is 0 Å². The molecule has 2 aliphatic rings. The van der Waals surface area contributed by atoms with Crippen LogP contribution < -0.4 is 14.4 Å². The van der Waals surface area contributed by atoms with Crippen LogP contribution in [0.2, 0.25) is 0 Å². The van der Waals surface area contributed by atoms with Gasteiger partial charge < -0.3 is 14.4 Å². The van der Waals surface area contributed by atoms with E-state index in [1.54, 1.807) is 6.07 Å². The second kappa shape index (κ2) is 7.67. The van der Waals surface area contributed by atoms with Gasteiger partial charge in [0.15, 0.2) is 0 Å². The van der Waals surface area contributed by atoms with Gasteiger partial charge in [-0.05, 0) is 50.1 Å². The molecule has 0 aliphatic carbocycles. The lowest BCUT2D eigenvalue weighted by Gasteiger charge is -2.43. The molecule has 1 amide bonds. The predicted molar refractivity (Wildman–Crippen MR) is 127 cm³/mol. The minimum Gasteiger partial charge on any atom is -0.494 e. The van der Waals surface area contributed by atoms with Crippen LogP contribution in [0.15, 0.2) is 66.7 Å². The average Bonchev–Trinajstić information content (AvgIpc) is 3.02. The zero-order valence-electron chi connectivity index (χ0n) is 19.1. The monoisotopic (exact) mass is 438 g/mol. The Bertz CT molecular complexity index is 1290. The molecule has 0 aromatic heterocycles. The van der Waals surface area contributed by atoms with Crippen molar-refractivity contribution in [1.29, 1.82) is 5.26 Å². The Kier molecular flexibility index (Phi) is 4.90. The zero-order valence-corrected chi connectivity index (χ0v) is 19.1. The summed E-state index contributed by atoms with van der Waals surface area (Å²) in [5.74, 6) is 1.42. The summed E-state index contributed by atoms with van der Waals surface area (Å²) < 4.78 is 12.1. The van der Waals surface area contributed by atoms with E-state index in [2.05, 4.69) is 6.07 Å². The van der Waals surface area contributed by atoms with E-state index in [0.717, 1.165) is 28.1 Å². The highest BCUT2D eigenvalue weighted by Crippen LogP contribution is 2.56. The molecule has 0 bridgehead atoms. The summed E-state index contributed by atoms with van der Waals surface area (Å²) in [4.78, 5) is 16.2. The van der Waals surface area contributed by atoms with Crippen molar-refractivity contribution >= 4 is 11.6 Å². The lowest BCUT2D eigenvalue weighted by Crippen LogP contribution is -2.50. The first-order valence-electron chi connectivity index (χ1n) is 11.3. The topological polar surface area (TPSA) is 62.6 Å². The lowest BCUT2D eigenvalue weighted by molar-refractivity contribution is -0.124. The highest BCUT2D eigenvalue weighted by atomic mass is 16.5. The highest BCUT2D eigenvalue weighted by Gasteiger charge is 2.58. The zero-order chi connectivity index (χ0) is 23.2. The van der Waals surface area contributed by atoms with Crippen molar-refractivity contribution in [2.75, 3.05) is 11.5 Å². The van der Waals surface area contributed by atoms with Gasteiger partial charge in [-0.2, -0.15) is 5.26 Å². The van der Waals surface area contributed by atoms with E-state index in [0.29, 0.717) is 30.9 Å². The molecule has 0 fully saturated rings. The molecule has 3 aromatic rings. The number of para-hydroxylation sites is 1. The van der Waals surface area contributed by atoms with Crippen LogP contribution in [0.1, 0.15) is 49.4 Å². The number of hydrogen-bond donors (Lipinski definition) is 0. The van der Waals surface area contributed by atoms with Crippen LogP contribution in [0, 0.1) is 11.3 Å². The van der Waals surface area contributed by atoms with Gasteiger partial charge in [0, 0.05) is 23.7 Å². The number of anilines is 1. The molecular weight excluding hydrogens is 412 g/mol. The molecular formula is C28H26N2O3. The second-order valence-corrected chi connectivity index (χ2v) is 9.21. The van der Waals surface area contributed by atoms with Crippen molar-refractivity contribution in [3.8, 4) is 17.6 Å². The molecule has 0 radical (unpaired) electrons. The quantitative estimate of drug-likeness (QED) is 0.551. The Morgan fingerprint density at radius 3 is 2.61 bits per heavy atom. The fourth-order valence-electron chi connectivity index (χ4n) is 5.31. The molecule has 1 unspecified atom stereocenters. The number of carbonyl (C=O) groups is 1. The number of amides is 1. The summed E-state index contributed by atoms with van der Waals surface area (Å²) >= 11 is 0. The number of nitrogens with zero attached hydrogens (tertiary/aromatic N) is 2. The number of hydrogen-bond acceptors (Lipinski definition) is 4. The number of fused-ring (bicyclic) bond motifs is 4. The summed E-state index contributed by atoms with van der Waals surface area (Å²) in [5, 5.41) is 9.58. The molecule has 5 nitrogen and oxygen atoms in total. The van der Waals surface area contributed by atoms with Crippen LogP contribution in [-0.4, -0.2) is 18.1 Å². The van der Waals surface area contributed by atoms with Crippen molar-refractivity contribution in [2.24, 2.45) is 0 Å².